The molecule has 1 aromatic rings. The fourth-order valence-electron chi connectivity index (χ4n) is 1.33. The smallest absolute Gasteiger partial charge is 0.139 e. The second-order valence-electron chi connectivity index (χ2n) is 4.08. The van der Waals surface area contributed by atoms with Crippen LogP contribution in [0.5, 0.6) is 0 Å². The van der Waals surface area contributed by atoms with Crippen LogP contribution in [0.1, 0.15) is 31.7 Å². The van der Waals surface area contributed by atoms with Gasteiger partial charge in [0.1, 0.15) is 10.8 Å². The summed E-state index contributed by atoms with van der Waals surface area (Å²) >= 11 is 1.64. The summed E-state index contributed by atoms with van der Waals surface area (Å²) in [4.78, 5) is 4.29. The molecule has 1 heterocycles. The molecule has 0 bridgehead atoms. The molecule has 0 saturated heterocycles. The molecule has 0 aromatic carbocycles. The molecule has 0 aliphatic rings. The first kappa shape index (κ1) is 12.9. The van der Waals surface area contributed by atoms with Crippen molar-refractivity contribution in [2.45, 2.75) is 32.2 Å². The SMILES string of the molecule is CC(C)(NCCC/C(N)=N/O)c1nccs1. The maximum atomic E-state index is 8.38. The molecule has 0 atom stereocenters. The number of hydrogen-bond acceptors (Lipinski definition) is 5. The number of nitrogens with two attached hydrogens (primary N) is 1. The van der Waals surface area contributed by atoms with E-state index in [0.29, 0.717) is 6.42 Å². The second-order valence-corrected chi connectivity index (χ2v) is 4.98. The summed E-state index contributed by atoms with van der Waals surface area (Å²) in [7, 11) is 0. The van der Waals surface area contributed by atoms with Crippen LogP contribution in [0.25, 0.3) is 0 Å². The predicted molar refractivity (Wildman–Crippen MR) is 65.8 cm³/mol. The molecule has 5 nitrogen and oxygen atoms in total. The van der Waals surface area contributed by atoms with Crippen LogP contribution in [0.4, 0.5) is 0 Å². The molecule has 6 heteroatoms. The highest BCUT2D eigenvalue weighted by atomic mass is 32.1. The topological polar surface area (TPSA) is 83.5 Å². The number of amidine groups is 1. The first-order valence-electron chi connectivity index (χ1n) is 5.17. The molecule has 1 rings (SSSR count). The van der Waals surface area contributed by atoms with Gasteiger partial charge in [0.15, 0.2) is 0 Å². The van der Waals surface area contributed by atoms with E-state index in [1.165, 1.54) is 0 Å². The van der Waals surface area contributed by atoms with Crippen LogP contribution in [0, 0.1) is 0 Å². The van der Waals surface area contributed by atoms with E-state index in [1.54, 1.807) is 17.5 Å². The Bertz CT molecular complexity index is 335. The summed E-state index contributed by atoms with van der Waals surface area (Å²) in [6.45, 7) is 4.99. The molecule has 0 amide bonds. The van der Waals surface area contributed by atoms with Gasteiger partial charge in [-0.15, -0.1) is 11.3 Å². The van der Waals surface area contributed by atoms with Gasteiger partial charge >= 0.3 is 0 Å². The lowest BCUT2D eigenvalue weighted by molar-refractivity contribution is 0.316. The van der Waals surface area contributed by atoms with Gasteiger partial charge in [-0.2, -0.15) is 0 Å². The lowest BCUT2D eigenvalue weighted by Gasteiger charge is -2.23. The summed E-state index contributed by atoms with van der Waals surface area (Å²) in [5, 5.41) is 17.7. The van der Waals surface area contributed by atoms with Gasteiger partial charge in [-0.25, -0.2) is 4.98 Å². The molecule has 90 valence electrons. The zero-order chi connectivity index (χ0) is 12.0. The van der Waals surface area contributed by atoms with Crippen molar-refractivity contribution in [2.75, 3.05) is 6.54 Å². The first-order valence-corrected chi connectivity index (χ1v) is 6.05. The van der Waals surface area contributed by atoms with Gasteiger partial charge in [-0.05, 0) is 26.8 Å². The fourth-order valence-corrected chi connectivity index (χ4v) is 2.07. The lowest BCUT2D eigenvalue weighted by Crippen LogP contribution is -2.37. The molecule has 4 N–H and O–H groups in total. The van der Waals surface area contributed by atoms with Gasteiger partial charge in [-0.1, -0.05) is 5.16 Å². The Morgan fingerprint density at radius 2 is 2.44 bits per heavy atom. The van der Waals surface area contributed by atoms with E-state index in [9.17, 15) is 0 Å². The van der Waals surface area contributed by atoms with Crippen LogP contribution in [0.3, 0.4) is 0 Å². The Balaban J connectivity index is 2.32. The highest BCUT2D eigenvalue weighted by Crippen LogP contribution is 2.21. The lowest BCUT2D eigenvalue weighted by atomic mass is 10.1. The molecule has 0 spiro atoms. The molecule has 1 aromatic heterocycles. The predicted octanol–water partition coefficient (Wildman–Crippen LogP) is 1.49. The Hall–Kier alpha value is -1.14. The van der Waals surface area contributed by atoms with E-state index in [1.807, 2.05) is 5.38 Å². The fraction of sp³-hybridized carbons (Fsp3) is 0.600. The first-order chi connectivity index (χ1) is 7.56. The standard InChI is InChI=1S/C10H18N4OS/c1-10(2,9-12-6-7-16-9)13-5-3-4-8(11)14-15/h6-7,13,15H,3-5H2,1-2H3,(H2,11,14). The minimum absolute atomic E-state index is 0.126. The van der Waals surface area contributed by atoms with Crippen molar-refractivity contribution >= 4 is 17.2 Å². The maximum Gasteiger partial charge on any atom is 0.139 e. The van der Waals surface area contributed by atoms with Crippen molar-refractivity contribution < 1.29 is 5.21 Å². The number of nitrogens with zero attached hydrogens (tertiary/aromatic N) is 2. The Labute approximate surface area is 99.4 Å². The molecular weight excluding hydrogens is 224 g/mol. The zero-order valence-electron chi connectivity index (χ0n) is 9.60. The molecule has 0 unspecified atom stereocenters. The van der Waals surface area contributed by atoms with Gasteiger partial charge in [0.05, 0.1) is 5.54 Å². The summed E-state index contributed by atoms with van der Waals surface area (Å²) in [6.07, 6.45) is 3.24. The van der Waals surface area contributed by atoms with Crippen molar-refractivity contribution in [3.63, 3.8) is 0 Å². The molecule has 0 saturated carbocycles. The molecule has 0 fully saturated rings. The van der Waals surface area contributed by atoms with Crippen molar-refractivity contribution in [1.82, 2.24) is 10.3 Å². The highest BCUT2D eigenvalue weighted by Gasteiger charge is 2.21. The number of oxime groups is 1. The van der Waals surface area contributed by atoms with Gasteiger partial charge in [0.2, 0.25) is 0 Å². The van der Waals surface area contributed by atoms with Crippen molar-refractivity contribution in [2.24, 2.45) is 10.9 Å². The Morgan fingerprint density at radius 1 is 1.69 bits per heavy atom. The average molecular weight is 242 g/mol. The summed E-state index contributed by atoms with van der Waals surface area (Å²) in [6, 6.07) is 0. The normalized spacial score (nSPS) is 13.0. The average Bonchev–Trinajstić information content (AvgIpc) is 2.78. The maximum absolute atomic E-state index is 8.38. The highest BCUT2D eigenvalue weighted by molar-refractivity contribution is 7.09. The van der Waals surface area contributed by atoms with Crippen molar-refractivity contribution in [1.29, 1.82) is 0 Å². The summed E-state index contributed by atoms with van der Waals surface area (Å²) < 4.78 is 0. The van der Waals surface area contributed by atoms with Crippen molar-refractivity contribution in [3.8, 4) is 0 Å². The van der Waals surface area contributed by atoms with E-state index in [4.69, 9.17) is 10.9 Å². The minimum Gasteiger partial charge on any atom is -0.409 e. The van der Waals surface area contributed by atoms with E-state index < -0.39 is 0 Å². The van der Waals surface area contributed by atoms with Gasteiger partial charge in [-0.3, -0.25) is 0 Å². The summed E-state index contributed by atoms with van der Waals surface area (Å²) in [5.74, 6) is 0.272. The van der Waals surface area contributed by atoms with Crippen LogP contribution < -0.4 is 11.1 Å². The molecule has 16 heavy (non-hydrogen) atoms. The van der Waals surface area contributed by atoms with Crippen LogP contribution in [0.15, 0.2) is 16.7 Å². The van der Waals surface area contributed by atoms with E-state index in [2.05, 4.69) is 29.3 Å². The summed E-state index contributed by atoms with van der Waals surface area (Å²) in [5.41, 5.74) is 5.25. The molecular formula is C10H18N4OS. The number of hydrogen-bond donors (Lipinski definition) is 3. The number of aromatic nitrogens is 1. The Kier molecular flexibility index (Phi) is 4.70. The van der Waals surface area contributed by atoms with Crippen LogP contribution in [0.2, 0.25) is 0 Å². The van der Waals surface area contributed by atoms with E-state index >= 15 is 0 Å². The number of nitrogens with one attached hydrogen (secondary N) is 1. The van der Waals surface area contributed by atoms with E-state index in [0.717, 1.165) is 18.0 Å². The third-order valence-corrected chi connectivity index (χ3v) is 3.37. The second kappa shape index (κ2) is 5.81. The van der Waals surface area contributed by atoms with Crippen molar-refractivity contribution in [3.05, 3.63) is 16.6 Å². The zero-order valence-corrected chi connectivity index (χ0v) is 10.4. The molecule has 0 aliphatic carbocycles. The third-order valence-electron chi connectivity index (χ3n) is 2.27. The number of rotatable bonds is 6. The van der Waals surface area contributed by atoms with E-state index in [-0.39, 0.29) is 11.4 Å². The van der Waals surface area contributed by atoms with Gasteiger partial charge < -0.3 is 16.3 Å². The quantitative estimate of drug-likeness (QED) is 0.232. The Morgan fingerprint density at radius 3 is 3.00 bits per heavy atom. The van der Waals surface area contributed by atoms with Gasteiger partial charge in [0, 0.05) is 18.0 Å². The van der Waals surface area contributed by atoms with Gasteiger partial charge in [0.25, 0.3) is 0 Å². The monoisotopic (exact) mass is 242 g/mol. The molecule has 0 radical (unpaired) electrons. The van der Waals surface area contributed by atoms with Crippen LogP contribution in [-0.4, -0.2) is 22.6 Å². The largest absolute Gasteiger partial charge is 0.409 e. The molecule has 0 aliphatic heterocycles. The van der Waals surface area contributed by atoms with Crippen LogP contribution >= 0.6 is 11.3 Å². The number of thiazole rings is 1. The minimum atomic E-state index is -0.126. The van der Waals surface area contributed by atoms with Crippen LogP contribution in [-0.2, 0) is 5.54 Å². The third kappa shape index (κ3) is 3.79.